The second-order valence-electron chi connectivity index (χ2n) is 2.54. The van der Waals surface area contributed by atoms with E-state index in [0.717, 1.165) is 0 Å². The lowest BCUT2D eigenvalue weighted by Crippen LogP contribution is -2.44. The fourth-order valence-electron chi connectivity index (χ4n) is 0.865. The van der Waals surface area contributed by atoms with Crippen LogP contribution in [-0.4, -0.2) is 11.9 Å². The Labute approximate surface area is 99.1 Å². The van der Waals surface area contributed by atoms with E-state index in [-0.39, 0.29) is 10.6 Å². The van der Waals surface area contributed by atoms with Crippen molar-refractivity contribution in [3.8, 4) is 0 Å². The van der Waals surface area contributed by atoms with Crippen LogP contribution in [0.25, 0.3) is 0 Å². The minimum absolute atomic E-state index is 0.236. The number of primary amides is 1. The molecule has 0 fully saturated rings. The minimum Gasteiger partial charge on any atom is -0.350 e. The number of hydrazine groups is 1. The molecule has 1 aromatic rings. The van der Waals surface area contributed by atoms with Crippen LogP contribution in [0.1, 0.15) is 10.4 Å². The first-order chi connectivity index (χ1) is 7.02. The molecular formula is C8H7BrClN3O2. The Balaban J connectivity index is 2.82. The predicted octanol–water partition coefficient (Wildman–Crippen LogP) is 1.42. The van der Waals surface area contributed by atoms with Gasteiger partial charge in [0.1, 0.15) is 0 Å². The summed E-state index contributed by atoms with van der Waals surface area (Å²) >= 11 is 9.02. The number of halogens is 2. The van der Waals surface area contributed by atoms with Crippen molar-refractivity contribution in [1.29, 1.82) is 0 Å². The fourth-order valence-corrected chi connectivity index (χ4v) is 1.44. The molecule has 0 aromatic heterocycles. The molecule has 0 atom stereocenters. The second-order valence-corrected chi connectivity index (χ2v) is 3.78. The highest BCUT2D eigenvalue weighted by Gasteiger charge is 2.11. The van der Waals surface area contributed by atoms with Gasteiger partial charge in [-0.05, 0) is 28.1 Å². The first-order valence-electron chi connectivity index (χ1n) is 3.82. The molecule has 0 spiro atoms. The zero-order valence-corrected chi connectivity index (χ0v) is 9.72. The van der Waals surface area contributed by atoms with Gasteiger partial charge in [0.15, 0.2) is 0 Å². The second kappa shape index (κ2) is 4.99. The van der Waals surface area contributed by atoms with Crippen molar-refractivity contribution in [3.05, 3.63) is 33.3 Å². The van der Waals surface area contributed by atoms with Gasteiger partial charge in [-0.25, -0.2) is 10.2 Å². The number of benzene rings is 1. The Morgan fingerprint density at radius 3 is 2.60 bits per heavy atom. The minimum atomic E-state index is -0.852. The Kier molecular flexibility index (Phi) is 3.93. The van der Waals surface area contributed by atoms with E-state index >= 15 is 0 Å². The molecule has 0 aliphatic carbocycles. The van der Waals surface area contributed by atoms with Crippen LogP contribution < -0.4 is 16.6 Å². The van der Waals surface area contributed by atoms with Gasteiger partial charge >= 0.3 is 6.03 Å². The third kappa shape index (κ3) is 3.10. The number of rotatable bonds is 1. The molecule has 1 aromatic carbocycles. The highest BCUT2D eigenvalue weighted by molar-refractivity contribution is 9.10. The molecule has 7 heteroatoms. The molecular weight excluding hydrogens is 285 g/mol. The number of nitrogens with two attached hydrogens (primary N) is 1. The number of carbonyl (C=O) groups excluding carboxylic acids is 2. The molecule has 5 nitrogen and oxygen atoms in total. The summed E-state index contributed by atoms with van der Waals surface area (Å²) in [5.41, 5.74) is 9.07. The van der Waals surface area contributed by atoms with Gasteiger partial charge in [-0.2, -0.15) is 0 Å². The van der Waals surface area contributed by atoms with Crippen molar-refractivity contribution in [2.45, 2.75) is 0 Å². The SMILES string of the molecule is NC(=O)NNC(=O)c1cccc(Br)c1Cl. The van der Waals surface area contributed by atoms with Crippen LogP contribution in [0, 0.1) is 0 Å². The smallest absolute Gasteiger partial charge is 0.330 e. The van der Waals surface area contributed by atoms with Crippen molar-refractivity contribution >= 4 is 39.5 Å². The number of hydrogen-bond donors (Lipinski definition) is 3. The average molecular weight is 293 g/mol. The van der Waals surface area contributed by atoms with E-state index in [4.69, 9.17) is 17.3 Å². The topological polar surface area (TPSA) is 84.2 Å². The monoisotopic (exact) mass is 291 g/mol. The van der Waals surface area contributed by atoms with Gasteiger partial charge in [0.2, 0.25) is 0 Å². The summed E-state index contributed by atoms with van der Waals surface area (Å²) in [6, 6.07) is 4.01. The van der Waals surface area contributed by atoms with Gasteiger partial charge in [-0.15, -0.1) is 0 Å². The third-order valence-corrected chi connectivity index (χ3v) is 2.79. The van der Waals surface area contributed by atoms with E-state index in [1.54, 1.807) is 12.1 Å². The molecule has 15 heavy (non-hydrogen) atoms. The standard InChI is InChI=1S/C8H7BrClN3O2/c9-5-3-1-2-4(6(5)10)7(14)12-13-8(11)15/h1-3H,(H,12,14)(H3,11,13,15). The Morgan fingerprint density at radius 1 is 1.33 bits per heavy atom. The lowest BCUT2D eigenvalue weighted by atomic mass is 10.2. The van der Waals surface area contributed by atoms with Crippen molar-refractivity contribution in [3.63, 3.8) is 0 Å². The van der Waals surface area contributed by atoms with Gasteiger partial charge in [0.05, 0.1) is 10.6 Å². The maximum Gasteiger partial charge on any atom is 0.330 e. The molecule has 0 aliphatic heterocycles. The predicted molar refractivity (Wildman–Crippen MR) is 59.3 cm³/mol. The molecule has 3 amide bonds. The van der Waals surface area contributed by atoms with Gasteiger partial charge in [0.25, 0.3) is 5.91 Å². The molecule has 80 valence electrons. The Morgan fingerprint density at radius 2 is 2.00 bits per heavy atom. The Hall–Kier alpha value is -1.27. The van der Waals surface area contributed by atoms with E-state index in [9.17, 15) is 9.59 Å². The van der Waals surface area contributed by atoms with E-state index < -0.39 is 11.9 Å². The summed E-state index contributed by atoms with van der Waals surface area (Å²) in [5.74, 6) is -0.542. The van der Waals surface area contributed by atoms with E-state index in [2.05, 4.69) is 21.4 Å². The summed E-state index contributed by atoms with van der Waals surface area (Å²) in [6.07, 6.45) is 0. The summed E-state index contributed by atoms with van der Waals surface area (Å²) < 4.78 is 0.593. The van der Waals surface area contributed by atoms with Crippen LogP contribution in [0.15, 0.2) is 22.7 Å². The summed E-state index contributed by atoms with van der Waals surface area (Å²) in [6.45, 7) is 0. The molecule has 0 unspecified atom stereocenters. The number of hydrogen-bond acceptors (Lipinski definition) is 2. The largest absolute Gasteiger partial charge is 0.350 e. The third-order valence-electron chi connectivity index (χ3n) is 1.50. The fraction of sp³-hybridized carbons (Fsp3) is 0. The van der Waals surface area contributed by atoms with Crippen LogP contribution in [0.3, 0.4) is 0 Å². The van der Waals surface area contributed by atoms with Crippen LogP contribution in [0.5, 0.6) is 0 Å². The van der Waals surface area contributed by atoms with Crippen LogP contribution >= 0.6 is 27.5 Å². The van der Waals surface area contributed by atoms with Crippen LogP contribution in [0.4, 0.5) is 4.79 Å². The number of carbonyl (C=O) groups is 2. The van der Waals surface area contributed by atoms with E-state index in [1.165, 1.54) is 6.07 Å². The lowest BCUT2D eigenvalue weighted by Gasteiger charge is -2.06. The zero-order chi connectivity index (χ0) is 11.4. The van der Waals surface area contributed by atoms with Crippen LogP contribution in [0.2, 0.25) is 5.02 Å². The van der Waals surface area contributed by atoms with Crippen LogP contribution in [-0.2, 0) is 0 Å². The molecule has 0 radical (unpaired) electrons. The normalized spacial score (nSPS) is 9.47. The molecule has 0 saturated carbocycles. The molecule has 0 bridgehead atoms. The number of urea groups is 1. The zero-order valence-electron chi connectivity index (χ0n) is 7.38. The highest BCUT2D eigenvalue weighted by Crippen LogP contribution is 2.25. The average Bonchev–Trinajstić information content (AvgIpc) is 2.18. The molecule has 0 saturated heterocycles. The quantitative estimate of drug-likeness (QED) is 0.684. The number of amides is 3. The molecule has 0 aliphatic rings. The first kappa shape index (κ1) is 11.8. The summed E-state index contributed by atoms with van der Waals surface area (Å²) in [5, 5.41) is 0.265. The van der Waals surface area contributed by atoms with Crippen molar-refractivity contribution in [2.24, 2.45) is 5.73 Å². The maximum absolute atomic E-state index is 11.4. The van der Waals surface area contributed by atoms with Gasteiger partial charge < -0.3 is 5.73 Å². The Bertz CT molecular complexity index is 411. The lowest BCUT2D eigenvalue weighted by molar-refractivity contribution is 0.0937. The first-order valence-corrected chi connectivity index (χ1v) is 4.99. The highest BCUT2D eigenvalue weighted by atomic mass is 79.9. The summed E-state index contributed by atoms with van der Waals surface area (Å²) in [4.78, 5) is 21.8. The number of nitrogens with one attached hydrogen (secondary N) is 2. The van der Waals surface area contributed by atoms with E-state index in [1.807, 2.05) is 5.43 Å². The van der Waals surface area contributed by atoms with Gasteiger partial charge in [0, 0.05) is 4.47 Å². The molecule has 1 rings (SSSR count). The van der Waals surface area contributed by atoms with E-state index in [0.29, 0.717) is 4.47 Å². The van der Waals surface area contributed by atoms with Crippen molar-refractivity contribution in [2.75, 3.05) is 0 Å². The van der Waals surface area contributed by atoms with Crippen molar-refractivity contribution < 1.29 is 9.59 Å². The molecule has 0 heterocycles. The van der Waals surface area contributed by atoms with Crippen molar-refractivity contribution in [1.82, 2.24) is 10.9 Å². The molecule has 4 N–H and O–H groups in total. The van der Waals surface area contributed by atoms with Gasteiger partial charge in [-0.3, -0.25) is 10.2 Å². The summed E-state index contributed by atoms with van der Waals surface area (Å²) in [7, 11) is 0. The maximum atomic E-state index is 11.4. The van der Waals surface area contributed by atoms with Gasteiger partial charge in [-0.1, -0.05) is 17.7 Å².